The molecule has 18 heavy (non-hydrogen) atoms. The maximum absolute atomic E-state index is 10.9. The number of anilines is 1. The smallest absolute Gasteiger partial charge is 0.335 e. The van der Waals surface area contributed by atoms with Gasteiger partial charge in [-0.25, -0.2) is 4.79 Å². The molecule has 0 spiro atoms. The van der Waals surface area contributed by atoms with Crippen LogP contribution < -0.4 is 4.90 Å². The van der Waals surface area contributed by atoms with Crippen LogP contribution in [-0.2, 0) is 0 Å². The first-order chi connectivity index (χ1) is 8.51. The number of benzene rings is 1. The Kier molecular flexibility index (Phi) is 4.73. The molecule has 96 valence electrons. The molecule has 1 unspecified atom stereocenters. The van der Waals surface area contributed by atoms with Gasteiger partial charge in [-0.15, -0.1) is 0 Å². The molecule has 1 atom stereocenters. The highest BCUT2D eigenvalue weighted by Crippen LogP contribution is 2.23. The lowest BCUT2D eigenvalue weighted by molar-refractivity contribution is 0.0697. The van der Waals surface area contributed by atoms with Crippen molar-refractivity contribution >= 4 is 11.7 Å². The van der Waals surface area contributed by atoms with E-state index in [0.29, 0.717) is 11.6 Å². The van der Waals surface area contributed by atoms with Crippen LogP contribution in [0.15, 0.2) is 18.2 Å². The number of hydrogen-bond donors (Lipinski definition) is 1. The van der Waals surface area contributed by atoms with Gasteiger partial charge in [0.05, 0.1) is 16.8 Å². The molecule has 4 heteroatoms. The molecule has 1 rings (SSSR count). The van der Waals surface area contributed by atoms with Crippen LogP contribution in [0, 0.1) is 11.3 Å². The number of carboxylic acid groups (broad SMARTS) is 1. The van der Waals surface area contributed by atoms with E-state index in [1.165, 1.54) is 12.1 Å². The van der Waals surface area contributed by atoms with Crippen LogP contribution in [0.3, 0.4) is 0 Å². The van der Waals surface area contributed by atoms with Crippen LogP contribution in [0.5, 0.6) is 0 Å². The third-order valence-corrected chi connectivity index (χ3v) is 3.11. The van der Waals surface area contributed by atoms with Crippen molar-refractivity contribution in [3.05, 3.63) is 29.3 Å². The summed E-state index contributed by atoms with van der Waals surface area (Å²) in [5.74, 6) is -1.01. The summed E-state index contributed by atoms with van der Waals surface area (Å²) < 4.78 is 0. The summed E-state index contributed by atoms with van der Waals surface area (Å²) in [6.45, 7) is 4.21. The van der Waals surface area contributed by atoms with Crippen LogP contribution >= 0.6 is 0 Å². The Balaban J connectivity index is 3.10. The zero-order valence-electron chi connectivity index (χ0n) is 11.0. The highest BCUT2D eigenvalue weighted by molar-refractivity contribution is 5.89. The highest BCUT2D eigenvalue weighted by Gasteiger charge is 2.15. The molecule has 0 bridgehead atoms. The zero-order valence-corrected chi connectivity index (χ0v) is 11.0. The fourth-order valence-corrected chi connectivity index (χ4v) is 1.92. The molecule has 1 aromatic rings. The highest BCUT2D eigenvalue weighted by atomic mass is 16.4. The van der Waals surface area contributed by atoms with Gasteiger partial charge in [0.1, 0.15) is 6.07 Å². The minimum Gasteiger partial charge on any atom is -0.478 e. The molecule has 0 aliphatic carbocycles. The topological polar surface area (TPSA) is 64.3 Å². The molecule has 0 saturated carbocycles. The summed E-state index contributed by atoms with van der Waals surface area (Å²) in [4.78, 5) is 12.9. The van der Waals surface area contributed by atoms with Crippen molar-refractivity contribution in [3.8, 4) is 6.07 Å². The van der Waals surface area contributed by atoms with Crippen molar-refractivity contribution in [1.82, 2.24) is 0 Å². The van der Waals surface area contributed by atoms with Crippen molar-refractivity contribution in [2.24, 2.45) is 0 Å². The normalized spacial score (nSPS) is 11.7. The van der Waals surface area contributed by atoms with Crippen LogP contribution in [0.1, 0.15) is 42.6 Å². The number of rotatable bonds is 5. The van der Waals surface area contributed by atoms with E-state index in [9.17, 15) is 4.79 Å². The van der Waals surface area contributed by atoms with Gasteiger partial charge in [-0.2, -0.15) is 5.26 Å². The van der Waals surface area contributed by atoms with Gasteiger partial charge >= 0.3 is 5.97 Å². The van der Waals surface area contributed by atoms with E-state index in [1.54, 1.807) is 6.07 Å². The number of aromatic carboxylic acids is 1. The first kappa shape index (κ1) is 14.0. The molecule has 0 fully saturated rings. The summed E-state index contributed by atoms with van der Waals surface area (Å²) in [6, 6.07) is 7.04. The fourth-order valence-electron chi connectivity index (χ4n) is 1.92. The maximum Gasteiger partial charge on any atom is 0.335 e. The number of carbonyl (C=O) groups is 1. The molecular formula is C14H18N2O2. The van der Waals surface area contributed by atoms with E-state index >= 15 is 0 Å². The van der Waals surface area contributed by atoms with Crippen molar-refractivity contribution < 1.29 is 9.90 Å². The van der Waals surface area contributed by atoms with Crippen molar-refractivity contribution in [1.29, 1.82) is 5.26 Å². The summed E-state index contributed by atoms with van der Waals surface area (Å²) in [6.07, 6.45) is 2.10. The van der Waals surface area contributed by atoms with Gasteiger partial charge in [0.25, 0.3) is 0 Å². The van der Waals surface area contributed by atoms with Gasteiger partial charge < -0.3 is 10.0 Å². The lowest BCUT2D eigenvalue weighted by Crippen LogP contribution is -2.29. The molecule has 0 aliphatic rings. The summed E-state index contributed by atoms with van der Waals surface area (Å²) in [5, 5.41) is 18.0. The molecule has 4 nitrogen and oxygen atoms in total. The number of nitriles is 1. The van der Waals surface area contributed by atoms with Gasteiger partial charge in [-0.3, -0.25) is 0 Å². The Morgan fingerprint density at radius 1 is 1.56 bits per heavy atom. The lowest BCUT2D eigenvalue weighted by atomic mass is 10.1. The second-order valence-electron chi connectivity index (χ2n) is 4.40. The van der Waals surface area contributed by atoms with Crippen molar-refractivity contribution in [3.63, 3.8) is 0 Å². The standard InChI is InChI=1S/C14H18N2O2/c1-4-5-10(2)16(3)13-7-6-11(14(17)18)8-12(13)9-15/h6-8,10H,4-5H2,1-3H3,(H,17,18). The molecule has 0 heterocycles. The minimum absolute atomic E-state index is 0.145. The van der Waals surface area contributed by atoms with Crippen molar-refractivity contribution in [2.45, 2.75) is 32.7 Å². The number of carboxylic acids is 1. The second-order valence-corrected chi connectivity index (χ2v) is 4.40. The molecule has 0 aromatic heterocycles. The SMILES string of the molecule is CCCC(C)N(C)c1ccc(C(=O)O)cc1C#N. The summed E-state index contributed by atoms with van der Waals surface area (Å²) in [7, 11) is 1.93. The maximum atomic E-state index is 10.9. The summed E-state index contributed by atoms with van der Waals surface area (Å²) in [5.41, 5.74) is 1.33. The first-order valence-corrected chi connectivity index (χ1v) is 6.01. The van der Waals surface area contributed by atoms with Crippen LogP contribution in [0.25, 0.3) is 0 Å². The molecule has 0 saturated heterocycles. The van der Waals surface area contributed by atoms with Gasteiger partial charge in [0.2, 0.25) is 0 Å². The van der Waals surface area contributed by atoms with Gasteiger partial charge in [-0.1, -0.05) is 13.3 Å². The number of hydrogen-bond acceptors (Lipinski definition) is 3. The van der Waals surface area contributed by atoms with Crippen molar-refractivity contribution in [2.75, 3.05) is 11.9 Å². The minimum atomic E-state index is -1.01. The molecule has 0 aliphatic heterocycles. The average molecular weight is 246 g/mol. The van der Waals surface area contributed by atoms with E-state index in [-0.39, 0.29) is 5.56 Å². The summed E-state index contributed by atoms with van der Waals surface area (Å²) >= 11 is 0. The Hall–Kier alpha value is -2.02. The van der Waals surface area contributed by atoms with Crippen LogP contribution in [0.4, 0.5) is 5.69 Å². The monoisotopic (exact) mass is 246 g/mol. The van der Waals surface area contributed by atoms with E-state index in [2.05, 4.69) is 19.9 Å². The average Bonchev–Trinajstić information content (AvgIpc) is 2.37. The number of nitrogens with zero attached hydrogens (tertiary/aromatic N) is 2. The molecule has 1 N–H and O–H groups in total. The predicted molar refractivity (Wildman–Crippen MR) is 70.9 cm³/mol. The molecule has 0 amide bonds. The largest absolute Gasteiger partial charge is 0.478 e. The van der Waals surface area contributed by atoms with E-state index in [0.717, 1.165) is 18.5 Å². The third kappa shape index (κ3) is 3.01. The Bertz CT molecular complexity index is 477. The molecule has 0 radical (unpaired) electrons. The van der Waals surface area contributed by atoms with Crippen LogP contribution in [0.2, 0.25) is 0 Å². The zero-order chi connectivity index (χ0) is 13.7. The quantitative estimate of drug-likeness (QED) is 0.867. The Morgan fingerprint density at radius 3 is 2.72 bits per heavy atom. The Labute approximate surface area is 107 Å². The van der Waals surface area contributed by atoms with Gasteiger partial charge in [0, 0.05) is 13.1 Å². The molecule has 1 aromatic carbocycles. The third-order valence-electron chi connectivity index (χ3n) is 3.11. The van der Waals surface area contributed by atoms with E-state index < -0.39 is 5.97 Å². The predicted octanol–water partition coefficient (Wildman–Crippen LogP) is 2.88. The molecular weight excluding hydrogens is 228 g/mol. The second kappa shape index (κ2) is 6.06. The Morgan fingerprint density at radius 2 is 2.22 bits per heavy atom. The van der Waals surface area contributed by atoms with E-state index in [1.807, 2.05) is 11.9 Å². The first-order valence-electron chi connectivity index (χ1n) is 6.01. The van der Waals surface area contributed by atoms with Crippen LogP contribution in [-0.4, -0.2) is 24.2 Å². The van der Waals surface area contributed by atoms with Gasteiger partial charge in [-0.05, 0) is 31.5 Å². The van der Waals surface area contributed by atoms with E-state index in [4.69, 9.17) is 10.4 Å². The fraction of sp³-hybridized carbons (Fsp3) is 0.429. The van der Waals surface area contributed by atoms with Gasteiger partial charge in [0.15, 0.2) is 0 Å². The lowest BCUT2D eigenvalue weighted by Gasteiger charge is -2.27.